The van der Waals surface area contributed by atoms with E-state index in [4.69, 9.17) is 4.42 Å². The summed E-state index contributed by atoms with van der Waals surface area (Å²) in [6.45, 7) is 4.06. The van der Waals surface area contributed by atoms with Gasteiger partial charge in [-0.3, -0.25) is 0 Å². The third-order valence-corrected chi connectivity index (χ3v) is 2.68. The highest BCUT2D eigenvalue weighted by Gasteiger charge is 2.12. The Morgan fingerprint density at radius 1 is 1.20 bits per heavy atom. The van der Waals surface area contributed by atoms with Crippen molar-refractivity contribution in [2.24, 2.45) is 0 Å². The molecule has 0 amide bonds. The van der Waals surface area contributed by atoms with Crippen LogP contribution >= 0.6 is 0 Å². The molecule has 1 nitrogen and oxygen atoms in total. The topological polar surface area (TPSA) is 13.1 Å². The van der Waals surface area contributed by atoms with Gasteiger partial charge >= 0.3 is 0 Å². The largest absolute Gasteiger partial charge is 0.461 e. The van der Waals surface area contributed by atoms with Crippen LogP contribution in [0.15, 0.2) is 22.6 Å². The van der Waals surface area contributed by atoms with Crippen molar-refractivity contribution in [2.75, 3.05) is 0 Å². The van der Waals surface area contributed by atoms with Crippen LogP contribution in [0.4, 0.5) is 8.78 Å². The Labute approximate surface area is 86.7 Å². The number of rotatable bonds is 2. The fourth-order valence-electron chi connectivity index (χ4n) is 1.50. The predicted octanol–water partition coefficient (Wildman–Crippen LogP) is 4.22. The summed E-state index contributed by atoms with van der Waals surface area (Å²) >= 11 is 0. The maximum Gasteiger partial charge on any atom is 0.162 e. The molecule has 1 aromatic carbocycles. The molecule has 0 saturated carbocycles. The van der Waals surface area contributed by atoms with Gasteiger partial charge in [0, 0.05) is 17.4 Å². The molecule has 0 bridgehead atoms. The summed E-state index contributed by atoms with van der Waals surface area (Å²) in [5.74, 6) is -0.660. The van der Waals surface area contributed by atoms with Gasteiger partial charge in [0.1, 0.15) is 11.3 Å². The predicted molar refractivity (Wildman–Crippen MR) is 54.8 cm³/mol. The summed E-state index contributed by atoms with van der Waals surface area (Å²) in [7, 11) is 0. The molecule has 0 radical (unpaired) electrons. The Morgan fingerprint density at radius 3 is 2.53 bits per heavy atom. The van der Waals surface area contributed by atoms with Crippen molar-refractivity contribution in [3.05, 3.63) is 35.6 Å². The van der Waals surface area contributed by atoms with E-state index < -0.39 is 11.6 Å². The number of hydrogen-bond donors (Lipinski definition) is 0. The van der Waals surface area contributed by atoms with Gasteiger partial charge in [-0.05, 0) is 18.6 Å². The number of benzene rings is 1. The minimum atomic E-state index is -0.868. The Morgan fingerprint density at radius 2 is 1.87 bits per heavy atom. The van der Waals surface area contributed by atoms with Crippen molar-refractivity contribution >= 4 is 11.0 Å². The van der Waals surface area contributed by atoms with Crippen LogP contribution in [0.3, 0.4) is 0 Å². The molecule has 15 heavy (non-hydrogen) atoms. The second kappa shape index (κ2) is 3.65. The van der Waals surface area contributed by atoms with E-state index in [9.17, 15) is 8.78 Å². The lowest BCUT2D eigenvalue weighted by atomic mass is 10.1. The molecule has 1 heterocycles. The summed E-state index contributed by atoms with van der Waals surface area (Å²) in [6, 6.07) is 4.03. The van der Waals surface area contributed by atoms with Gasteiger partial charge in [-0.2, -0.15) is 0 Å². The highest BCUT2D eigenvalue weighted by Crippen LogP contribution is 2.28. The number of furan rings is 1. The van der Waals surface area contributed by atoms with Gasteiger partial charge in [-0.25, -0.2) is 8.78 Å². The van der Waals surface area contributed by atoms with Crippen LogP contribution in [0.2, 0.25) is 0 Å². The van der Waals surface area contributed by atoms with E-state index in [0.717, 1.165) is 18.2 Å². The number of hydrogen-bond acceptors (Lipinski definition) is 1. The van der Waals surface area contributed by atoms with Crippen LogP contribution < -0.4 is 0 Å². The first-order valence-corrected chi connectivity index (χ1v) is 5.00. The van der Waals surface area contributed by atoms with Gasteiger partial charge in [0.15, 0.2) is 11.6 Å². The third kappa shape index (κ3) is 1.74. The molecule has 0 saturated heterocycles. The quantitative estimate of drug-likeness (QED) is 0.723. The number of halogens is 2. The Bertz CT molecular complexity index is 449. The summed E-state index contributed by atoms with van der Waals surface area (Å²) in [4.78, 5) is 0. The highest BCUT2D eigenvalue weighted by atomic mass is 19.2. The van der Waals surface area contributed by atoms with Gasteiger partial charge in [-0.15, -0.1) is 0 Å². The zero-order valence-corrected chi connectivity index (χ0v) is 8.68. The van der Waals surface area contributed by atoms with Crippen LogP contribution in [-0.2, 0) is 0 Å². The molecule has 0 aliphatic rings. The van der Waals surface area contributed by atoms with Crippen LogP contribution in [0.25, 0.3) is 11.0 Å². The Balaban J connectivity index is 2.56. The van der Waals surface area contributed by atoms with Crippen molar-refractivity contribution in [3.8, 4) is 0 Å². The van der Waals surface area contributed by atoms with Crippen molar-refractivity contribution in [1.29, 1.82) is 0 Å². The second-order valence-electron chi connectivity index (χ2n) is 3.76. The summed E-state index contributed by atoms with van der Waals surface area (Å²) in [5.41, 5.74) is 0.407. The molecule has 2 aromatic rings. The molecule has 0 fully saturated rings. The lowest BCUT2D eigenvalue weighted by molar-refractivity contribution is 0.488. The minimum absolute atomic E-state index is 0.267. The number of fused-ring (bicyclic) bond motifs is 1. The van der Waals surface area contributed by atoms with Crippen molar-refractivity contribution in [3.63, 3.8) is 0 Å². The maximum absolute atomic E-state index is 12.9. The molecule has 0 aliphatic carbocycles. The third-order valence-electron chi connectivity index (χ3n) is 2.68. The minimum Gasteiger partial charge on any atom is -0.461 e. The molecule has 0 spiro atoms. The van der Waals surface area contributed by atoms with Crippen LogP contribution in [-0.4, -0.2) is 0 Å². The molecule has 0 aliphatic heterocycles. The standard InChI is InChI=1S/C12H12F2O/c1-3-7(2)11-5-8-4-9(13)10(14)6-12(8)15-11/h4-7H,3H2,1-2H3. The first kappa shape index (κ1) is 10.1. The lowest BCUT2D eigenvalue weighted by Gasteiger charge is -2.01. The van der Waals surface area contributed by atoms with E-state index in [-0.39, 0.29) is 5.92 Å². The molecule has 2 rings (SSSR count). The average Bonchev–Trinajstić information content (AvgIpc) is 2.60. The maximum atomic E-state index is 12.9. The summed E-state index contributed by atoms with van der Waals surface area (Å²) < 4.78 is 31.3. The SMILES string of the molecule is CCC(C)c1cc2cc(F)c(F)cc2o1. The molecule has 1 atom stereocenters. The summed E-state index contributed by atoms with van der Waals surface area (Å²) in [5, 5.41) is 0.615. The van der Waals surface area contributed by atoms with Crippen molar-refractivity contribution in [2.45, 2.75) is 26.2 Å². The van der Waals surface area contributed by atoms with Gasteiger partial charge in [-0.1, -0.05) is 13.8 Å². The Hall–Kier alpha value is -1.38. The van der Waals surface area contributed by atoms with Crippen LogP contribution in [0.5, 0.6) is 0 Å². The second-order valence-corrected chi connectivity index (χ2v) is 3.76. The zero-order valence-electron chi connectivity index (χ0n) is 8.68. The highest BCUT2D eigenvalue weighted by molar-refractivity contribution is 5.78. The molecular formula is C12H12F2O. The van der Waals surface area contributed by atoms with Gasteiger partial charge in [0.05, 0.1) is 0 Å². The Kier molecular flexibility index (Phi) is 2.47. The molecule has 1 aromatic heterocycles. The average molecular weight is 210 g/mol. The monoisotopic (exact) mass is 210 g/mol. The van der Waals surface area contributed by atoms with E-state index in [1.807, 2.05) is 13.8 Å². The van der Waals surface area contributed by atoms with Crippen molar-refractivity contribution in [1.82, 2.24) is 0 Å². The lowest BCUT2D eigenvalue weighted by Crippen LogP contribution is -1.86. The first-order chi connectivity index (χ1) is 7.11. The van der Waals surface area contributed by atoms with E-state index in [1.165, 1.54) is 6.07 Å². The van der Waals surface area contributed by atoms with Gasteiger partial charge < -0.3 is 4.42 Å². The fraction of sp³-hybridized carbons (Fsp3) is 0.333. The first-order valence-electron chi connectivity index (χ1n) is 5.00. The van der Waals surface area contributed by atoms with Crippen LogP contribution in [0, 0.1) is 11.6 Å². The summed E-state index contributed by atoms with van der Waals surface area (Å²) in [6.07, 6.45) is 0.935. The van der Waals surface area contributed by atoms with E-state index in [1.54, 1.807) is 6.07 Å². The zero-order chi connectivity index (χ0) is 11.0. The smallest absolute Gasteiger partial charge is 0.162 e. The van der Waals surface area contributed by atoms with Crippen molar-refractivity contribution < 1.29 is 13.2 Å². The molecule has 0 N–H and O–H groups in total. The molecule has 80 valence electrons. The molecular weight excluding hydrogens is 198 g/mol. The fourth-order valence-corrected chi connectivity index (χ4v) is 1.50. The molecule has 3 heteroatoms. The van der Waals surface area contributed by atoms with Crippen LogP contribution in [0.1, 0.15) is 31.9 Å². The van der Waals surface area contributed by atoms with E-state index in [2.05, 4.69) is 0 Å². The normalized spacial score (nSPS) is 13.3. The van der Waals surface area contributed by atoms with Gasteiger partial charge in [0.25, 0.3) is 0 Å². The molecule has 1 unspecified atom stereocenters. The van der Waals surface area contributed by atoms with E-state index in [0.29, 0.717) is 11.0 Å². The van der Waals surface area contributed by atoms with E-state index >= 15 is 0 Å². The van der Waals surface area contributed by atoms with Gasteiger partial charge in [0.2, 0.25) is 0 Å².